The molecular formula is C33H26N2O4. The Labute approximate surface area is 225 Å². The van der Waals surface area contributed by atoms with Crippen molar-refractivity contribution in [3.05, 3.63) is 108 Å². The molecule has 3 aliphatic rings. The van der Waals surface area contributed by atoms with Gasteiger partial charge in [0.1, 0.15) is 11.2 Å². The third kappa shape index (κ3) is 3.05. The molecule has 7 rings (SSSR count). The Morgan fingerprint density at radius 3 is 2.44 bits per heavy atom. The fraction of sp³-hybridized carbons (Fsp3) is 0.182. The van der Waals surface area contributed by atoms with Crippen LogP contribution >= 0.6 is 0 Å². The highest BCUT2D eigenvalue weighted by Gasteiger charge is 2.69. The van der Waals surface area contributed by atoms with Crippen LogP contribution in [0.3, 0.4) is 0 Å². The van der Waals surface area contributed by atoms with Crippen LogP contribution in [0.2, 0.25) is 0 Å². The maximum atomic E-state index is 14.5. The van der Waals surface area contributed by atoms with Gasteiger partial charge >= 0.3 is 0 Å². The second-order valence-electron chi connectivity index (χ2n) is 10.4. The van der Waals surface area contributed by atoms with E-state index in [1.165, 1.54) is 6.92 Å². The maximum Gasteiger partial charge on any atom is 0.238 e. The van der Waals surface area contributed by atoms with E-state index in [0.717, 1.165) is 27.6 Å². The largest absolute Gasteiger partial charge is 0.497 e. The minimum absolute atomic E-state index is 0.157. The molecule has 1 spiro atoms. The van der Waals surface area contributed by atoms with Gasteiger partial charge in [-0.1, -0.05) is 60.7 Å². The number of amides is 1. The van der Waals surface area contributed by atoms with Gasteiger partial charge in [-0.15, -0.1) is 0 Å². The fourth-order valence-corrected chi connectivity index (χ4v) is 7.02. The molecule has 4 aromatic carbocycles. The van der Waals surface area contributed by atoms with E-state index < -0.39 is 23.4 Å². The summed E-state index contributed by atoms with van der Waals surface area (Å²) in [7, 11) is 1.57. The summed E-state index contributed by atoms with van der Waals surface area (Å²) < 4.78 is 5.30. The van der Waals surface area contributed by atoms with Gasteiger partial charge in [-0.05, 0) is 59.7 Å². The third-order valence-electron chi connectivity index (χ3n) is 8.61. The molecule has 192 valence electrons. The summed E-state index contributed by atoms with van der Waals surface area (Å²) in [5.74, 6) is -0.978. The molecular weight excluding hydrogens is 488 g/mol. The number of methoxy groups -OCH3 is 1. The Kier molecular flexibility index (Phi) is 5.04. The van der Waals surface area contributed by atoms with E-state index in [9.17, 15) is 14.4 Å². The molecule has 3 aliphatic heterocycles. The minimum Gasteiger partial charge on any atom is -0.497 e. The Morgan fingerprint density at radius 1 is 0.923 bits per heavy atom. The van der Waals surface area contributed by atoms with Crippen molar-refractivity contribution in [2.24, 2.45) is 5.92 Å². The third-order valence-corrected chi connectivity index (χ3v) is 8.61. The standard InChI is InChI=1S/C33H26N2O4/c1-19(36)30-29(31(37)21-11-14-22(39-2)15-12-21)33(25-9-5-6-10-26(25)34-32(33)38)28-18-16-24-23-8-4-3-7-20(23)13-17-27(24)35(28)30/h3-18,28-30H,1-2H3,(H,34,38). The number of hydrogen-bond donors (Lipinski definition) is 1. The number of anilines is 2. The lowest BCUT2D eigenvalue weighted by molar-refractivity contribution is -0.122. The van der Waals surface area contributed by atoms with Gasteiger partial charge in [0.2, 0.25) is 5.91 Å². The van der Waals surface area contributed by atoms with E-state index in [4.69, 9.17) is 4.74 Å². The van der Waals surface area contributed by atoms with Crippen molar-refractivity contribution in [1.82, 2.24) is 0 Å². The molecule has 0 aliphatic carbocycles. The van der Waals surface area contributed by atoms with E-state index >= 15 is 0 Å². The molecule has 4 atom stereocenters. The summed E-state index contributed by atoms with van der Waals surface area (Å²) >= 11 is 0. The number of ether oxygens (including phenoxy) is 1. The molecule has 0 bridgehead atoms. The van der Waals surface area contributed by atoms with Gasteiger partial charge < -0.3 is 15.0 Å². The van der Waals surface area contributed by atoms with Gasteiger partial charge in [-0.25, -0.2) is 0 Å². The smallest absolute Gasteiger partial charge is 0.238 e. The number of carbonyl (C=O) groups excluding carboxylic acids is 3. The van der Waals surface area contributed by atoms with Crippen molar-refractivity contribution in [3.63, 3.8) is 0 Å². The van der Waals surface area contributed by atoms with Crippen molar-refractivity contribution in [2.45, 2.75) is 24.4 Å². The number of carbonyl (C=O) groups is 3. The zero-order chi connectivity index (χ0) is 26.9. The van der Waals surface area contributed by atoms with Crippen LogP contribution in [0.1, 0.15) is 28.4 Å². The van der Waals surface area contributed by atoms with Crippen LogP contribution in [-0.4, -0.2) is 36.7 Å². The first-order chi connectivity index (χ1) is 19.0. The summed E-state index contributed by atoms with van der Waals surface area (Å²) in [6, 6.07) is 25.2. The van der Waals surface area contributed by atoms with Gasteiger partial charge in [0.15, 0.2) is 11.6 Å². The van der Waals surface area contributed by atoms with Crippen LogP contribution in [0.5, 0.6) is 5.75 Å². The number of para-hydroxylation sites is 1. The minimum atomic E-state index is -1.29. The quantitative estimate of drug-likeness (QED) is 0.369. The van der Waals surface area contributed by atoms with E-state index in [1.54, 1.807) is 31.4 Å². The molecule has 0 saturated carbocycles. The fourth-order valence-electron chi connectivity index (χ4n) is 7.02. The zero-order valence-electron chi connectivity index (χ0n) is 21.5. The molecule has 1 N–H and O–H groups in total. The average molecular weight is 515 g/mol. The Bertz CT molecular complexity index is 1720. The lowest BCUT2D eigenvalue weighted by Gasteiger charge is -2.38. The molecule has 39 heavy (non-hydrogen) atoms. The van der Waals surface area contributed by atoms with Crippen molar-refractivity contribution < 1.29 is 19.1 Å². The molecule has 4 unspecified atom stereocenters. The lowest BCUT2D eigenvalue weighted by atomic mass is 9.64. The van der Waals surface area contributed by atoms with E-state index in [1.807, 2.05) is 65.6 Å². The second-order valence-corrected chi connectivity index (χ2v) is 10.4. The normalized spacial score (nSPS) is 24.3. The highest BCUT2D eigenvalue weighted by atomic mass is 16.5. The Balaban J connectivity index is 1.51. The molecule has 3 heterocycles. The second kappa shape index (κ2) is 8.40. The number of nitrogens with zero attached hydrogens (tertiary/aromatic N) is 1. The van der Waals surface area contributed by atoms with E-state index in [0.29, 0.717) is 17.0 Å². The van der Waals surface area contributed by atoms with Crippen LogP contribution in [0.25, 0.3) is 16.8 Å². The number of rotatable bonds is 4. The summed E-state index contributed by atoms with van der Waals surface area (Å²) in [5, 5.41) is 5.19. The Morgan fingerprint density at radius 2 is 1.67 bits per heavy atom. The van der Waals surface area contributed by atoms with Gasteiger partial charge in [-0.2, -0.15) is 0 Å². The number of Topliss-reactive ketones (excluding diaryl/α,β-unsaturated/α-hetero) is 2. The van der Waals surface area contributed by atoms with Crippen LogP contribution < -0.4 is 15.0 Å². The number of ketones is 2. The molecule has 6 heteroatoms. The highest BCUT2D eigenvalue weighted by Crippen LogP contribution is 2.58. The van der Waals surface area contributed by atoms with Crippen molar-refractivity contribution in [1.29, 1.82) is 0 Å². The molecule has 1 amide bonds. The van der Waals surface area contributed by atoms with E-state index in [2.05, 4.69) is 17.4 Å². The summed E-state index contributed by atoms with van der Waals surface area (Å²) in [5.41, 5.74) is 2.40. The number of hydrogen-bond acceptors (Lipinski definition) is 5. The molecule has 0 radical (unpaired) electrons. The number of benzene rings is 4. The number of nitrogens with one attached hydrogen (secondary N) is 1. The Hall–Kier alpha value is -4.71. The summed E-state index contributed by atoms with van der Waals surface area (Å²) in [4.78, 5) is 44.4. The summed E-state index contributed by atoms with van der Waals surface area (Å²) in [6.07, 6.45) is 4.06. The maximum absolute atomic E-state index is 14.5. The van der Waals surface area contributed by atoms with Gasteiger partial charge in [-0.3, -0.25) is 14.4 Å². The van der Waals surface area contributed by atoms with Crippen molar-refractivity contribution in [2.75, 3.05) is 17.3 Å². The lowest BCUT2D eigenvalue weighted by Crippen LogP contribution is -2.51. The van der Waals surface area contributed by atoms with Gasteiger partial charge in [0, 0.05) is 22.5 Å². The number of fused-ring (bicyclic) bond motifs is 8. The first-order valence-corrected chi connectivity index (χ1v) is 13.0. The van der Waals surface area contributed by atoms with Crippen LogP contribution in [0.15, 0.2) is 91.0 Å². The molecule has 4 aromatic rings. The van der Waals surface area contributed by atoms with Gasteiger partial charge in [0.05, 0.1) is 25.1 Å². The first-order valence-electron chi connectivity index (χ1n) is 13.0. The average Bonchev–Trinajstić information content (AvgIpc) is 3.45. The van der Waals surface area contributed by atoms with Crippen LogP contribution in [0, 0.1) is 5.92 Å². The predicted octanol–water partition coefficient (Wildman–Crippen LogP) is 5.41. The molecule has 1 saturated heterocycles. The van der Waals surface area contributed by atoms with Crippen molar-refractivity contribution >= 4 is 45.7 Å². The van der Waals surface area contributed by atoms with Crippen LogP contribution in [0.4, 0.5) is 11.4 Å². The molecule has 6 nitrogen and oxygen atoms in total. The van der Waals surface area contributed by atoms with Gasteiger partial charge in [0.25, 0.3) is 0 Å². The summed E-state index contributed by atoms with van der Waals surface area (Å²) in [6.45, 7) is 1.52. The predicted molar refractivity (Wildman–Crippen MR) is 151 cm³/mol. The monoisotopic (exact) mass is 514 g/mol. The molecule has 0 aromatic heterocycles. The molecule has 1 fully saturated rings. The van der Waals surface area contributed by atoms with Crippen LogP contribution in [-0.2, 0) is 15.0 Å². The zero-order valence-corrected chi connectivity index (χ0v) is 21.5. The first kappa shape index (κ1) is 23.4. The topological polar surface area (TPSA) is 75.7 Å². The van der Waals surface area contributed by atoms with E-state index in [-0.39, 0.29) is 17.5 Å². The highest BCUT2D eigenvalue weighted by molar-refractivity contribution is 6.17. The van der Waals surface area contributed by atoms with Crippen molar-refractivity contribution in [3.8, 4) is 5.75 Å². The SMILES string of the molecule is COc1ccc(C(=O)C2C(C(C)=O)N3c4ccc5ccccc5c4C=CC3C23C(=O)Nc2ccccc23)cc1.